The van der Waals surface area contributed by atoms with E-state index in [2.05, 4.69) is 5.32 Å². The number of aromatic nitrogens is 1. The largest absolute Gasteiger partial charge is 0.325 e. The van der Waals surface area contributed by atoms with Crippen molar-refractivity contribution in [2.75, 3.05) is 10.2 Å². The minimum absolute atomic E-state index is 0.198. The van der Waals surface area contributed by atoms with Crippen LogP contribution in [0, 0.1) is 11.7 Å². The molecule has 4 aromatic rings. The second kappa shape index (κ2) is 10.9. The lowest BCUT2D eigenvalue weighted by Crippen LogP contribution is -2.33. The highest BCUT2D eigenvalue weighted by Crippen LogP contribution is 2.55. The molecule has 3 heterocycles. The number of thioether (sulfide) groups is 1. The Labute approximate surface area is 255 Å². The van der Waals surface area contributed by atoms with Gasteiger partial charge in [-0.1, -0.05) is 70.0 Å². The molecule has 2 aliphatic heterocycles. The van der Waals surface area contributed by atoms with Crippen molar-refractivity contribution in [2.24, 2.45) is 5.92 Å². The van der Waals surface area contributed by atoms with Crippen molar-refractivity contribution in [3.63, 3.8) is 0 Å². The number of carbonyl (C=O) groups is 3. The first-order valence-corrected chi connectivity index (χ1v) is 15.0. The van der Waals surface area contributed by atoms with Gasteiger partial charge in [0.25, 0.3) is 0 Å². The molecule has 13 heteroatoms. The fourth-order valence-electron chi connectivity index (χ4n) is 5.07. The number of halogens is 4. The van der Waals surface area contributed by atoms with Gasteiger partial charge >= 0.3 is 4.87 Å². The zero-order valence-electron chi connectivity index (χ0n) is 20.6. The minimum atomic E-state index is -0.931. The van der Waals surface area contributed by atoms with Crippen molar-refractivity contribution in [2.45, 2.75) is 22.7 Å². The van der Waals surface area contributed by atoms with Crippen LogP contribution in [0.3, 0.4) is 0 Å². The van der Waals surface area contributed by atoms with Crippen molar-refractivity contribution in [3.8, 4) is 0 Å². The average Bonchev–Trinajstić information content (AvgIpc) is 3.38. The van der Waals surface area contributed by atoms with Crippen LogP contribution in [0.5, 0.6) is 0 Å². The third kappa shape index (κ3) is 4.97. The molecule has 2 aliphatic rings. The summed E-state index contributed by atoms with van der Waals surface area (Å²) in [6.45, 7) is -0.322. The van der Waals surface area contributed by atoms with Gasteiger partial charge in [0.2, 0.25) is 17.7 Å². The molecule has 1 N–H and O–H groups in total. The predicted molar refractivity (Wildman–Crippen MR) is 159 cm³/mol. The number of nitrogens with zero attached hydrogens (tertiary/aromatic N) is 2. The van der Waals surface area contributed by atoms with Gasteiger partial charge < -0.3 is 5.32 Å². The van der Waals surface area contributed by atoms with Crippen LogP contribution in [-0.4, -0.2) is 27.5 Å². The van der Waals surface area contributed by atoms with Gasteiger partial charge in [0.05, 0.1) is 26.7 Å². The van der Waals surface area contributed by atoms with Gasteiger partial charge in [0, 0.05) is 21.5 Å². The van der Waals surface area contributed by atoms with Crippen LogP contribution in [0.1, 0.15) is 16.4 Å². The summed E-state index contributed by atoms with van der Waals surface area (Å²) in [5.74, 6) is -3.69. The van der Waals surface area contributed by atoms with E-state index in [9.17, 15) is 23.6 Å². The lowest BCUT2D eigenvalue weighted by molar-refractivity contribution is -0.122. The van der Waals surface area contributed by atoms with E-state index in [-0.39, 0.29) is 22.3 Å². The summed E-state index contributed by atoms with van der Waals surface area (Å²) < 4.78 is 14.9. The second-order valence-corrected chi connectivity index (χ2v) is 12.7. The maximum Gasteiger partial charge on any atom is 0.308 e. The van der Waals surface area contributed by atoms with Crippen LogP contribution in [-0.2, 0) is 20.9 Å². The standard InChI is InChI=1S/C28H17Cl3FN3O4S2/c29-13-4-8-15(9-5-13)33-19(36)12-34-27-24(41-28(34)39)20(17-2-1-3-18(30)22(17)31)21-23(40-27)26(38)35(25(21)37)16-10-6-14(32)7-11-16/h1-11,20-21,23H,12H2,(H,33,36)/t20-,21-,23+/m0/s1. The molecule has 3 amide bonds. The molecule has 41 heavy (non-hydrogen) atoms. The summed E-state index contributed by atoms with van der Waals surface area (Å²) in [5.41, 5.74) is 1.21. The predicted octanol–water partition coefficient (Wildman–Crippen LogP) is 6.44. The first kappa shape index (κ1) is 28.0. The molecule has 208 valence electrons. The fourth-order valence-corrected chi connectivity index (χ4v) is 8.39. The molecule has 1 fully saturated rings. The average molecular weight is 649 g/mol. The zero-order valence-corrected chi connectivity index (χ0v) is 24.5. The number of imide groups is 1. The summed E-state index contributed by atoms with van der Waals surface area (Å²) >= 11 is 20.8. The van der Waals surface area contributed by atoms with Crippen molar-refractivity contribution in [1.82, 2.24) is 4.57 Å². The number of amides is 3. The van der Waals surface area contributed by atoms with E-state index >= 15 is 0 Å². The number of hydrogen-bond donors (Lipinski definition) is 1. The first-order chi connectivity index (χ1) is 19.6. The Bertz CT molecular complexity index is 1780. The number of nitrogens with one attached hydrogen (secondary N) is 1. The Morgan fingerprint density at radius 1 is 0.927 bits per heavy atom. The maximum atomic E-state index is 13.9. The molecule has 0 radical (unpaired) electrons. The van der Waals surface area contributed by atoms with E-state index in [0.717, 1.165) is 28.0 Å². The van der Waals surface area contributed by atoms with Crippen molar-refractivity contribution >= 4 is 87.0 Å². The summed E-state index contributed by atoms with van der Waals surface area (Å²) in [6.07, 6.45) is 0. The van der Waals surface area contributed by atoms with Crippen molar-refractivity contribution < 1.29 is 18.8 Å². The lowest BCUT2D eigenvalue weighted by Gasteiger charge is -2.31. The summed E-state index contributed by atoms with van der Waals surface area (Å²) in [6, 6.07) is 16.6. The minimum Gasteiger partial charge on any atom is -0.325 e. The molecule has 1 aromatic heterocycles. The Morgan fingerprint density at radius 2 is 1.63 bits per heavy atom. The molecule has 0 spiro atoms. The van der Waals surface area contributed by atoms with Gasteiger partial charge in [-0.2, -0.15) is 0 Å². The van der Waals surface area contributed by atoms with Gasteiger partial charge in [-0.15, -0.1) is 0 Å². The van der Waals surface area contributed by atoms with Gasteiger partial charge in [-0.05, 0) is 60.2 Å². The molecule has 6 rings (SSSR count). The highest BCUT2D eigenvalue weighted by atomic mass is 35.5. The quantitative estimate of drug-likeness (QED) is 0.252. The maximum absolute atomic E-state index is 13.9. The molecule has 0 bridgehead atoms. The number of hydrogen-bond acceptors (Lipinski definition) is 6. The van der Waals surface area contributed by atoms with Crippen LogP contribution in [0.15, 0.2) is 76.6 Å². The summed E-state index contributed by atoms with van der Waals surface area (Å²) in [5, 5.41) is 3.16. The van der Waals surface area contributed by atoms with Crippen LogP contribution < -0.4 is 15.1 Å². The second-order valence-electron chi connectivity index (χ2n) is 9.35. The third-order valence-electron chi connectivity index (χ3n) is 6.88. The van der Waals surface area contributed by atoms with E-state index in [4.69, 9.17) is 34.8 Å². The van der Waals surface area contributed by atoms with Gasteiger partial charge in [0.1, 0.15) is 17.6 Å². The smallest absolute Gasteiger partial charge is 0.308 e. The summed E-state index contributed by atoms with van der Waals surface area (Å²) in [7, 11) is 0. The molecule has 0 unspecified atom stereocenters. The molecule has 3 atom stereocenters. The lowest BCUT2D eigenvalue weighted by atomic mass is 9.83. The molecule has 3 aromatic carbocycles. The first-order valence-electron chi connectivity index (χ1n) is 12.2. The zero-order chi connectivity index (χ0) is 29.0. The van der Waals surface area contributed by atoms with E-state index in [1.807, 2.05) is 0 Å². The third-order valence-corrected chi connectivity index (χ3v) is 10.6. The number of carbonyl (C=O) groups excluding carboxylic acids is 3. The Morgan fingerprint density at radius 3 is 2.34 bits per heavy atom. The number of thiazole rings is 1. The normalized spacial score (nSPS) is 19.7. The fraction of sp³-hybridized carbons (Fsp3) is 0.143. The monoisotopic (exact) mass is 647 g/mol. The highest BCUT2D eigenvalue weighted by Gasteiger charge is 2.57. The van der Waals surface area contributed by atoms with Crippen LogP contribution in [0.2, 0.25) is 15.1 Å². The summed E-state index contributed by atoms with van der Waals surface area (Å²) in [4.78, 5) is 55.0. The van der Waals surface area contributed by atoms with Crippen LogP contribution in [0.25, 0.3) is 0 Å². The van der Waals surface area contributed by atoms with E-state index in [0.29, 0.717) is 26.2 Å². The van der Waals surface area contributed by atoms with Crippen LogP contribution in [0.4, 0.5) is 15.8 Å². The Kier molecular flexibility index (Phi) is 7.46. The van der Waals surface area contributed by atoms with Crippen LogP contribution >= 0.6 is 57.9 Å². The Balaban J connectivity index is 1.43. The topological polar surface area (TPSA) is 88.5 Å². The number of rotatable bonds is 5. The SMILES string of the molecule is O=C(Cn1c2c(sc1=O)[C@@H](c1cccc(Cl)c1Cl)[C@@H]1C(=O)N(c3ccc(F)cc3)C(=O)[C@@H]1S2)Nc1ccc(Cl)cc1. The van der Waals surface area contributed by atoms with E-state index < -0.39 is 45.5 Å². The molecule has 0 saturated carbocycles. The Hall–Kier alpha value is -3.15. The number of anilines is 2. The molecular formula is C28H17Cl3FN3O4S2. The molecule has 0 aliphatic carbocycles. The van der Waals surface area contributed by atoms with Crippen molar-refractivity contribution in [3.05, 3.63) is 108 Å². The highest BCUT2D eigenvalue weighted by molar-refractivity contribution is 8.00. The molecular weight excluding hydrogens is 632 g/mol. The molecule has 1 saturated heterocycles. The van der Waals surface area contributed by atoms with Crippen molar-refractivity contribution in [1.29, 1.82) is 0 Å². The number of benzene rings is 3. The number of fused-ring (bicyclic) bond motifs is 2. The van der Waals surface area contributed by atoms with E-state index in [1.54, 1.807) is 42.5 Å². The van der Waals surface area contributed by atoms with E-state index in [1.165, 1.54) is 28.8 Å². The van der Waals surface area contributed by atoms with Gasteiger partial charge in [-0.3, -0.25) is 23.7 Å². The van der Waals surface area contributed by atoms with Gasteiger partial charge in [0.15, 0.2) is 0 Å². The molecule has 7 nitrogen and oxygen atoms in total. The van der Waals surface area contributed by atoms with Gasteiger partial charge in [-0.25, -0.2) is 9.29 Å².